The predicted molar refractivity (Wildman–Crippen MR) is 46.9 cm³/mol. The Morgan fingerprint density at radius 2 is 2.10 bits per heavy atom. The third-order valence-electron chi connectivity index (χ3n) is 1.64. The average molecular weight is 141 g/mol. The lowest BCUT2D eigenvalue weighted by Gasteiger charge is -2.21. The van der Waals surface area contributed by atoms with Crippen LogP contribution in [0.3, 0.4) is 0 Å². The first-order valence-electron chi connectivity index (χ1n) is 4.02. The van der Waals surface area contributed by atoms with E-state index in [0.29, 0.717) is 0 Å². The van der Waals surface area contributed by atoms with Gasteiger partial charge in [-0.25, -0.2) is 0 Å². The summed E-state index contributed by atoms with van der Waals surface area (Å²) in [4.78, 5) is 0. The van der Waals surface area contributed by atoms with E-state index in [4.69, 9.17) is 5.73 Å². The van der Waals surface area contributed by atoms with E-state index in [2.05, 4.69) is 26.0 Å². The number of nitrogens with two attached hydrogens (primary N) is 1. The van der Waals surface area contributed by atoms with E-state index in [1.54, 1.807) is 0 Å². The number of hydrogen-bond donors (Lipinski definition) is 1. The van der Waals surface area contributed by atoms with Gasteiger partial charge >= 0.3 is 0 Å². The van der Waals surface area contributed by atoms with Crippen molar-refractivity contribution in [2.45, 2.75) is 45.6 Å². The Bertz CT molecular complexity index is 103. The zero-order valence-electron chi connectivity index (χ0n) is 7.35. The van der Waals surface area contributed by atoms with Crippen molar-refractivity contribution in [1.29, 1.82) is 0 Å². The maximum Gasteiger partial charge on any atom is 0.0160 e. The molecule has 1 atom stereocenters. The monoisotopic (exact) mass is 141 g/mol. The van der Waals surface area contributed by atoms with Crippen LogP contribution >= 0.6 is 0 Å². The molecule has 0 spiro atoms. The van der Waals surface area contributed by atoms with Crippen molar-refractivity contribution >= 4 is 0 Å². The third-order valence-corrected chi connectivity index (χ3v) is 1.64. The van der Waals surface area contributed by atoms with Gasteiger partial charge in [0.2, 0.25) is 0 Å². The Balaban J connectivity index is 3.62. The Morgan fingerprint density at radius 1 is 1.50 bits per heavy atom. The molecule has 0 amide bonds. The lowest BCUT2D eigenvalue weighted by Crippen LogP contribution is -2.34. The van der Waals surface area contributed by atoms with Crippen molar-refractivity contribution in [2.24, 2.45) is 5.73 Å². The molecule has 0 bridgehead atoms. The minimum Gasteiger partial charge on any atom is -0.325 e. The summed E-state index contributed by atoms with van der Waals surface area (Å²) < 4.78 is 0. The molecule has 1 heteroatoms. The second-order valence-corrected chi connectivity index (χ2v) is 3.18. The molecule has 0 aliphatic heterocycles. The van der Waals surface area contributed by atoms with Gasteiger partial charge in [-0.3, -0.25) is 0 Å². The molecule has 0 fully saturated rings. The highest BCUT2D eigenvalue weighted by Gasteiger charge is 2.13. The summed E-state index contributed by atoms with van der Waals surface area (Å²) >= 11 is 0. The van der Waals surface area contributed by atoms with Crippen LogP contribution in [0.25, 0.3) is 0 Å². The molecule has 1 unspecified atom stereocenters. The van der Waals surface area contributed by atoms with Crippen molar-refractivity contribution < 1.29 is 0 Å². The van der Waals surface area contributed by atoms with Crippen molar-refractivity contribution in [3.63, 3.8) is 0 Å². The molecule has 60 valence electrons. The zero-order valence-corrected chi connectivity index (χ0v) is 7.35. The van der Waals surface area contributed by atoms with Crippen LogP contribution in [-0.4, -0.2) is 5.54 Å². The minimum absolute atomic E-state index is 0.0151. The van der Waals surface area contributed by atoms with Crippen LogP contribution in [0.15, 0.2) is 12.2 Å². The van der Waals surface area contributed by atoms with E-state index in [0.717, 1.165) is 12.8 Å². The molecule has 0 aliphatic rings. The van der Waals surface area contributed by atoms with E-state index < -0.39 is 0 Å². The summed E-state index contributed by atoms with van der Waals surface area (Å²) in [5.74, 6) is 0. The van der Waals surface area contributed by atoms with E-state index >= 15 is 0 Å². The van der Waals surface area contributed by atoms with Crippen LogP contribution in [0.4, 0.5) is 0 Å². The molecule has 0 heterocycles. The third kappa shape index (κ3) is 4.57. The van der Waals surface area contributed by atoms with Crippen LogP contribution in [0.1, 0.15) is 40.0 Å². The standard InChI is InChI=1S/C9H19N/c1-4-6-8-9(3,10)7-5-2/h4,6H,5,7-8,10H2,1-3H3/b6-4+. The van der Waals surface area contributed by atoms with Crippen molar-refractivity contribution in [1.82, 2.24) is 0 Å². The van der Waals surface area contributed by atoms with Crippen LogP contribution in [0.5, 0.6) is 0 Å². The molecule has 10 heavy (non-hydrogen) atoms. The highest BCUT2D eigenvalue weighted by Crippen LogP contribution is 2.13. The van der Waals surface area contributed by atoms with E-state index in [9.17, 15) is 0 Å². The first kappa shape index (κ1) is 9.70. The molecular weight excluding hydrogens is 122 g/mol. The topological polar surface area (TPSA) is 26.0 Å². The molecule has 0 saturated carbocycles. The van der Waals surface area contributed by atoms with Gasteiger partial charge in [-0.2, -0.15) is 0 Å². The van der Waals surface area contributed by atoms with Crippen molar-refractivity contribution in [3.8, 4) is 0 Å². The Kier molecular flexibility index (Phi) is 4.37. The van der Waals surface area contributed by atoms with Gasteiger partial charge in [0, 0.05) is 5.54 Å². The van der Waals surface area contributed by atoms with Crippen LogP contribution in [-0.2, 0) is 0 Å². The largest absolute Gasteiger partial charge is 0.325 e. The maximum absolute atomic E-state index is 5.96. The van der Waals surface area contributed by atoms with Gasteiger partial charge < -0.3 is 5.73 Å². The maximum atomic E-state index is 5.96. The normalized spacial score (nSPS) is 17.6. The molecule has 0 aromatic carbocycles. The molecule has 2 N–H and O–H groups in total. The van der Waals surface area contributed by atoms with Gasteiger partial charge in [-0.1, -0.05) is 25.5 Å². The molecule has 0 rings (SSSR count). The molecule has 0 aliphatic carbocycles. The quantitative estimate of drug-likeness (QED) is 0.598. The Hall–Kier alpha value is -0.300. The molecule has 0 saturated heterocycles. The first-order chi connectivity index (χ1) is 4.62. The summed E-state index contributed by atoms with van der Waals surface area (Å²) in [6.07, 6.45) is 7.47. The van der Waals surface area contributed by atoms with E-state index in [-0.39, 0.29) is 5.54 Å². The van der Waals surface area contributed by atoms with Crippen LogP contribution in [0, 0.1) is 0 Å². The van der Waals surface area contributed by atoms with E-state index in [1.807, 2.05) is 6.92 Å². The fourth-order valence-electron chi connectivity index (χ4n) is 1.06. The summed E-state index contributed by atoms with van der Waals surface area (Å²) in [5.41, 5.74) is 5.98. The lowest BCUT2D eigenvalue weighted by atomic mass is 9.93. The van der Waals surface area contributed by atoms with Crippen molar-refractivity contribution in [3.05, 3.63) is 12.2 Å². The van der Waals surface area contributed by atoms with Crippen LogP contribution in [0.2, 0.25) is 0 Å². The fourth-order valence-corrected chi connectivity index (χ4v) is 1.06. The van der Waals surface area contributed by atoms with Gasteiger partial charge in [0.05, 0.1) is 0 Å². The number of hydrogen-bond acceptors (Lipinski definition) is 1. The summed E-state index contributed by atoms with van der Waals surface area (Å²) in [5, 5.41) is 0. The first-order valence-corrected chi connectivity index (χ1v) is 4.02. The Morgan fingerprint density at radius 3 is 2.50 bits per heavy atom. The lowest BCUT2D eigenvalue weighted by molar-refractivity contribution is 0.432. The number of rotatable bonds is 4. The second-order valence-electron chi connectivity index (χ2n) is 3.18. The van der Waals surface area contributed by atoms with Gasteiger partial charge in [-0.15, -0.1) is 0 Å². The summed E-state index contributed by atoms with van der Waals surface area (Å²) in [7, 11) is 0. The van der Waals surface area contributed by atoms with E-state index in [1.165, 1.54) is 6.42 Å². The predicted octanol–water partition coefficient (Wildman–Crippen LogP) is 2.47. The molecular formula is C9H19N. The molecule has 0 aromatic rings. The van der Waals surface area contributed by atoms with Gasteiger partial charge in [0.25, 0.3) is 0 Å². The fraction of sp³-hybridized carbons (Fsp3) is 0.778. The van der Waals surface area contributed by atoms with Crippen molar-refractivity contribution in [2.75, 3.05) is 0 Å². The molecule has 1 nitrogen and oxygen atoms in total. The molecule has 0 radical (unpaired) electrons. The van der Waals surface area contributed by atoms with Crippen LogP contribution < -0.4 is 5.73 Å². The average Bonchev–Trinajstić information content (AvgIpc) is 1.84. The smallest absolute Gasteiger partial charge is 0.0160 e. The number of allylic oxidation sites excluding steroid dienone is 1. The van der Waals surface area contributed by atoms with Gasteiger partial charge in [0.1, 0.15) is 0 Å². The molecule has 0 aromatic heterocycles. The van der Waals surface area contributed by atoms with Gasteiger partial charge in [-0.05, 0) is 26.7 Å². The summed E-state index contributed by atoms with van der Waals surface area (Å²) in [6, 6.07) is 0. The second kappa shape index (κ2) is 4.51. The highest BCUT2D eigenvalue weighted by atomic mass is 14.7. The summed E-state index contributed by atoms with van der Waals surface area (Å²) in [6.45, 7) is 6.30. The van der Waals surface area contributed by atoms with Gasteiger partial charge in [0.15, 0.2) is 0 Å². The minimum atomic E-state index is 0.0151. The SMILES string of the molecule is C/C=C/CC(C)(N)CCC. The Labute approximate surface area is 64.3 Å². The zero-order chi connectivity index (χ0) is 8.04. The highest BCUT2D eigenvalue weighted by molar-refractivity contribution is 4.89.